The lowest BCUT2D eigenvalue weighted by Gasteiger charge is -2.28. The zero-order valence-electron chi connectivity index (χ0n) is 14.6. The predicted octanol–water partition coefficient (Wildman–Crippen LogP) is 2.82. The number of Topliss-reactive ketones (excluding diaryl/α,β-unsaturated/α-hetero) is 1. The van der Waals surface area contributed by atoms with Gasteiger partial charge in [0.15, 0.2) is 5.78 Å². The van der Waals surface area contributed by atoms with Crippen LogP contribution < -0.4 is 9.62 Å². The highest BCUT2D eigenvalue weighted by molar-refractivity contribution is 7.92. The van der Waals surface area contributed by atoms with E-state index in [-0.39, 0.29) is 11.5 Å². The molecule has 0 aliphatic heterocycles. The molecule has 0 unspecified atom stereocenters. The largest absolute Gasteiger partial charge is 0.324 e. The van der Waals surface area contributed by atoms with E-state index >= 15 is 0 Å². The van der Waals surface area contributed by atoms with Gasteiger partial charge in [0.2, 0.25) is 15.9 Å². The van der Waals surface area contributed by atoms with Crippen molar-refractivity contribution < 1.29 is 22.4 Å². The quantitative estimate of drug-likeness (QED) is 0.784. The van der Waals surface area contributed by atoms with Gasteiger partial charge in [-0.15, -0.1) is 0 Å². The van der Waals surface area contributed by atoms with Gasteiger partial charge in [-0.05, 0) is 44.2 Å². The van der Waals surface area contributed by atoms with E-state index in [1.165, 1.54) is 38.1 Å². The monoisotopic (exact) mass is 378 g/mol. The first-order valence-corrected chi connectivity index (χ1v) is 9.61. The normalized spacial score (nSPS) is 12.3. The molecule has 0 saturated heterocycles. The number of carbonyl (C=O) groups excluding carboxylic acids is 2. The van der Waals surface area contributed by atoms with Gasteiger partial charge in [-0.25, -0.2) is 12.8 Å². The van der Waals surface area contributed by atoms with Crippen LogP contribution in [0, 0.1) is 5.82 Å². The second-order valence-electron chi connectivity index (χ2n) is 5.84. The number of ketones is 1. The molecule has 8 heteroatoms. The molecule has 0 heterocycles. The summed E-state index contributed by atoms with van der Waals surface area (Å²) in [6, 6.07) is 10.2. The van der Waals surface area contributed by atoms with Crippen molar-refractivity contribution in [1.82, 2.24) is 0 Å². The lowest BCUT2D eigenvalue weighted by atomic mass is 10.1. The standard InChI is InChI=1S/C18H19FN2O4S/c1-12(18(23)20-16-8-4-6-14(10-16)13(2)22)21(26(3,24)25)17-9-5-7-15(19)11-17/h4-12H,1-3H3,(H,20,23)/t12-/m0/s1. The Labute approximate surface area is 151 Å². The Kier molecular flexibility index (Phi) is 5.76. The third kappa shape index (κ3) is 4.66. The fourth-order valence-electron chi connectivity index (χ4n) is 2.48. The molecule has 1 atom stereocenters. The molecule has 1 N–H and O–H groups in total. The summed E-state index contributed by atoms with van der Waals surface area (Å²) in [6.45, 7) is 2.80. The minimum atomic E-state index is -3.84. The number of sulfonamides is 1. The van der Waals surface area contributed by atoms with Crippen LogP contribution in [0.5, 0.6) is 0 Å². The van der Waals surface area contributed by atoms with Crippen LogP contribution in [-0.4, -0.2) is 32.4 Å². The van der Waals surface area contributed by atoms with E-state index < -0.39 is 27.8 Å². The van der Waals surface area contributed by atoms with Crippen molar-refractivity contribution >= 4 is 33.1 Å². The molecular formula is C18H19FN2O4S. The molecule has 26 heavy (non-hydrogen) atoms. The maximum Gasteiger partial charge on any atom is 0.247 e. The Hall–Kier alpha value is -2.74. The first-order valence-electron chi connectivity index (χ1n) is 7.76. The zero-order chi connectivity index (χ0) is 19.5. The van der Waals surface area contributed by atoms with Gasteiger partial charge in [-0.1, -0.05) is 18.2 Å². The zero-order valence-corrected chi connectivity index (χ0v) is 15.4. The van der Waals surface area contributed by atoms with Crippen molar-refractivity contribution in [3.63, 3.8) is 0 Å². The van der Waals surface area contributed by atoms with Crippen molar-refractivity contribution in [2.45, 2.75) is 19.9 Å². The van der Waals surface area contributed by atoms with Crippen molar-refractivity contribution in [3.05, 3.63) is 59.9 Å². The van der Waals surface area contributed by atoms with Crippen molar-refractivity contribution in [3.8, 4) is 0 Å². The summed E-state index contributed by atoms with van der Waals surface area (Å²) in [5, 5.41) is 2.58. The van der Waals surface area contributed by atoms with Gasteiger partial charge in [0.1, 0.15) is 11.9 Å². The molecule has 0 aliphatic rings. The molecule has 2 aromatic carbocycles. The van der Waals surface area contributed by atoms with Crippen LogP contribution in [0.1, 0.15) is 24.2 Å². The molecule has 0 radical (unpaired) electrons. The average Bonchev–Trinajstić information content (AvgIpc) is 2.53. The van der Waals surface area contributed by atoms with Crippen molar-refractivity contribution in [2.24, 2.45) is 0 Å². The number of benzene rings is 2. The summed E-state index contributed by atoms with van der Waals surface area (Å²) in [5.41, 5.74) is 0.829. The number of hydrogen-bond donors (Lipinski definition) is 1. The number of nitrogens with zero attached hydrogens (tertiary/aromatic N) is 1. The Balaban J connectivity index is 2.31. The maximum atomic E-state index is 13.5. The molecule has 1 amide bonds. The molecule has 0 aromatic heterocycles. The topological polar surface area (TPSA) is 83.6 Å². The van der Waals surface area contributed by atoms with Gasteiger partial charge < -0.3 is 5.32 Å². The van der Waals surface area contributed by atoms with E-state index in [0.29, 0.717) is 11.3 Å². The van der Waals surface area contributed by atoms with E-state index in [9.17, 15) is 22.4 Å². The first kappa shape index (κ1) is 19.6. The maximum absolute atomic E-state index is 13.5. The highest BCUT2D eigenvalue weighted by Gasteiger charge is 2.29. The van der Waals surface area contributed by atoms with Crippen LogP contribution in [0.3, 0.4) is 0 Å². The Morgan fingerprint density at radius 3 is 2.35 bits per heavy atom. The van der Waals surface area contributed by atoms with E-state index in [2.05, 4.69) is 5.32 Å². The third-order valence-corrected chi connectivity index (χ3v) is 4.93. The molecule has 6 nitrogen and oxygen atoms in total. The molecule has 2 aromatic rings. The fourth-order valence-corrected chi connectivity index (χ4v) is 3.65. The molecule has 138 valence electrons. The third-order valence-electron chi connectivity index (χ3n) is 3.69. The highest BCUT2D eigenvalue weighted by Crippen LogP contribution is 2.22. The van der Waals surface area contributed by atoms with E-state index in [1.54, 1.807) is 18.2 Å². The van der Waals surface area contributed by atoms with Crippen LogP contribution in [-0.2, 0) is 14.8 Å². The fraction of sp³-hybridized carbons (Fsp3) is 0.222. The summed E-state index contributed by atoms with van der Waals surface area (Å²) < 4.78 is 38.7. The summed E-state index contributed by atoms with van der Waals surface area (Å²) in [6.07, 6.45) is 0.943. The van der Waals surface area contributed by atoms with Crippen LogP contribution in [0.15, 0.2) is 48.5 Å². The van der Waals surface area contributed by atoms with Crippen molar-refractivity contribution in [1.29, 1.82) is 0 Å². The van der Waals surface area contributed by atoms with Crippen LogP contribution in [0.4, 0.5) is 15.8 Å². The Morgan fingerprint density at radius 2 is 1.77 bits per heavy atom. The number of halogens is 1. The summed E-state index contributed by atoms with van der Waals surface area (Å²) >= 11 is 0. The number of rotatable bonds is 6. The van der Waals surface area contributed by atoms with Gasteiger partial charge in [0, 0.05) is 11.3 Å². The van der Waals surface area contributed by atoms with Gasteiger partial charge in [-0.3, -0.25) is 13.9 Å². The molecule has 0 fully saturated rings. The lowest BCUT2D eigenvalue weighted by Crippen LogP contribution is -2.45. The summed E-state index contributed by atoms with van der Waals surface area (Å²) in [4.78, 5) is 24.0. The van der Waals surface area contributed by atoms with Gasteiger partial charge >= 0.3 is 0 Å². The molecule has 0 bridgehead atoms. The summed E-state index contributed by atoms with van der Waals surface area (Å²) in [7, 11) is -3.84. The van der Waals surface area contributed by atoms with E-state index in [1.807, 2.05) is 0 Å². The van der Waals surface area contributed by atoms with Crippen LogP contribution in [0.2, 0.25) is 0 Å². The van der Waals surface area contributed by atoms with E-state index in [4.69, 9.17) is 0 Å². The smallest absolute Gasteiger partial charge is 0.247 e. The number of nitrogens with one attached hydrogen (secondary N) is 1. The number of amides is 1. The molecule has 0 saturated carbocycles. The minimum absolute atomic E-state index is 0.0487. The Bertz CT molecular complexity index is 944. The van der Waals surface area contributed by atoms with Crippen LogP contribution >= 0.6 is 0 Å². The number of carbonyl (C=O) groups is 2. The summed E-state index contributed by atoms with van der Waals surface area (Å²) in [5.74, 6) is -1.38. The molecular weight excluding hydrogens is 359 g/mol. The van der Waals surface area contributed by atoms with Gasteiger partial charge in [-0.2, -0.15) is 0 Å². The van der Waals surface area contributed by atoms with Gasteiger partial charge in [0.05, 0.1) is 11.9 Å². The lowest BCUT2D eigenvalue weighted by molar-refractivity contribution is -0.116. The number of hydrogen-bond acceptors (Lipinski definition) is 4. The van der Waals surface area contributed by atoms with Gasteiger partial charge in [0.25, 0.3) is 0 Å². The van der Waals surface area contributed by atoms with Crippen molar-refractivity contribution in [2.75, 3.05) is 15.9 Å². The molecule has 0 spiro atoms. The van der Waals surface area contributed by atoms with Crippen LogP contribution in [0.25, 0.3) is 0 Å². The highest BCUT2D eigenvalue weighted by atomic mass is 32.2. The second-order valence-corrected chi connectivity index (χ2v) is 7.70. The predicted molar refractivity (Wildman–Crippen MR) is 98.3 cm³/mol. The molecule has 2 rings (SSSR count). The van der Waals surface area contributed by atoms with E-state index in [0.717, 1.165) is 16.6 Å². The minimum Gasteiger partial charge on any atom is -0.324 e. The SMILES string of the molecule is CC(=O)c1cccc(NC(=O)[C@H](C)N(c2cccc(F)c2)S(C)(=O)=O)c1. The second kappa shape index (κ2) is 7.65. The average molecular weight is 378 g/mol. The Morgan fingerprint density at radius 1 is 1.12 bits per heavy atom. The number of anilines is 2. The molecule has 0 aliphatic carbocycles. The first-order chi connectivity index (χ1) is 12.1.